The van der Waals surface area contributed by atoms with Gasteiger partial charge in [0.2, 0.25) is 0 Å². The van der Waals surface area contributed by atoms with Crippen LogP contribution in [0.3, 0.4) is 0 Å². The lowest BCUT2D eigenvalue weighted by Crippen LogP contribution is -2.02. The number of hydrogen-bond acceptors (Lipinski definition) is 2. The third kappa shape index (κ3) is 1.78. The van der Waals surface area contributed by atoms with E-state index in [0.29, 0.717) is 6.61 Å². The van der Waals surface area contributed by atoms with Crippen LogP contribution < -0.4 is 0 Å². The minimum absolute atomic E-state index is 0.676. The van der Waals surface area contributed by atoms with Crippen LogP contribution in [-0.4, -0.2) is 24.6 Å². The molecule has 78 valence electrons. The molecule has 1 aromatic heterocycles. The quantitative estimate of drug-likeness (QED) is 0.712. The highest BCUT2D eigenvalue weighted by atomic mass is 16.5. The Morgan fingerprint density at radius 3 is 3.00 bits per heavy atom. The predicted molar refractivity (Wildman–Crippen MR) is 59.2 cm³/mol. The smallest absolute Gasteiger partial charge is 0.150 e. The molecule has 0 fully saturated rings. The number of rotatable bonds is 4. The maximum atomic E-state index is 10.8. The van der Waals surface area contributed by atoms with Crippen molar-refractivity contribution in [2.45, 2.75) is 6.54 Å². The maximum Gasteiger partial charge on any atom is 0.150 e. The van der Waals surface area contributed by atoms with Gasteiger partial charge in [-0.3, -0.25) is 4.79 Å². The molecular formula is C12H13NO2. The summed E-state index contributed by atoms with van der Waals surface area (Å²) >= 11 is 0. The number of fused-ring (bicyclic) bond motifs is 1. The summed E-state index contributed by atoms with van der Waals surface area (Å²) in [5.41, 5.74) is 1.82. The average molecular weight is 203 g/mol. The second kappa shape index (κ2) is 4.28. The normalized spacial score (nSPS) is 10.7. The zero-order valence-corrected chi connectivity index (χ0v) is 8.64. The molecule has 0 N–H and O–H groups in total. The van der Waals surface area contributed by atoms with Gasteiger partial charge in [0.05, 0.1) is 6.61 Å². The first-order valence-electron chi connectivity index (χ1n) is 4.89. The van der Waals surface area contributed by atoms with E-state index in [9.17, 15) is 4.79 Å². The van der Waals surface area contributed by atoms with Crippen LogP contribution >= 0.6 is 0 Å². The zero-order chi connectivity index (χ0) is 10.7. The first-order valence-corrected chi connectivity index (χ1v) is 4.89. The van der Waals surface area contributed by atoms with Gasteiger partial charge in [0.1, 0.15) is 0 Å². The van der Waals surface area contributed by atoms with Crippen LogP contribution in [0.15, 0.2) is 30.5 Å². The van der Waals surface area contributed by atoms with E-state index in [4.69, 9.17) is 4.74 Å². The van der Waals surface area contributed by atoms with Crippen LogP contribution in [0.1, 0.15) is 10.4 Å². The Hall–Kier alpha value is -1.61. The molecule has 0 amide bonds. The predicted octanol–water partition coefficient (Wildman–Crippen LogP) is 2.10. The molecule has 0 aliphatic carbocycles. The summed E-state index contributed by atoms with van der Waals surface area (Å²) in [5, 5.41) is 1.00. The first-order chi connectivity index (χ1) is 7.36. The Morgan fingerprint density at radius 2 is 2.27 bits per heavy atom. The molecule has 2 aromatic rings. The molecule has 15 heavy (non-hydrogen) atoms. The Kier molecular flexibility index (Phi) is 2.83. The number of methoxy groups -OCH3 is 1. The van der Waals surface area contributed by atoms with E-state index in [2.05, 4.69) is 4.57 Å². The van der Waals surface area contributed by atoms with Crippen molar-refractivity contribution in [2.75, 3.05) is 13.7 Å². The SMILES string of the molecule is COCCn1ccc2c(C=O)cccc21. The zero-order valence-electron chi connectivity index (χ0n) is 8.64. The van der Waals surface area contributed by atoms with Gasteiger partial charge >= 0.3 is 0 Å². The van der Waals surface area contributed by atoms with Crippen LogP contribution in [0.4, 0.5) is 0 Å². The van der Waals surface area contributed by atoms with E-state index in [1.807, 2.05) is 30.5 Å². The van der Waals surface area contributed by atoms with Crippen molar-refractivity contribution in [1.82, 2.24) is 4.57 Å². The van der Waals surface area contributed by atoms with Crippen LogP contribution in [0.5, 0.6) is 0 Å². The van der Waals surface area contributed by atoms with Gasteiger partial charge in [-0.1, -0.05) is 12.1 Å². The molecule has 3 heteroatoms. The highest BCUT2D eigenvalue weighted by Gasteiger charge is 2.03. The van der Waals surface area contributed by atoms with Gasteiger partial charge < -0.3 is 9.30 Å². The summed E-state index contributed by atoms with van der Waals surface area (Å²) in [4.78, 5) is 10.8. The Balaban J connectivity index is 2.46. The number of benzene rings is 1. The number of hydrogen-bond donors (Lipinski definition) is 0. The molecule has 0 aliphatic rings. The van der Waals surface area contributed by atoms with Gasteiger partial charge in [-0.15, -0.1) is 0 Å². The lowest BCUT2D eigenvalue weighted by molar-refractivity contribution is 0.112. The average Bonchev–Trinajstić information content (AvgIpc) is 2.69. The van der Waals surface area contributed by atoms with E-state index < -0.39 is 0 Å². The Morgan fingerprint density at radius 1 is 1.40 bits per heavy atom. The van der Waals surface area contributed by atoms with Gasteiger partial charge in [-0.05, 0) is 12.1 Å². The molecule has 1 aromatic carbocycles. The summed E-state index contributed by atoms with van der Waals surface area (Å²) in [6.45, 7) is 1.48. The highest BCUT2D eigenvalue weighted by Crippen LogP contribution is 2.18. The summed E-state index contributed by atoms with van der Waals surface area (Å²) in [6.07, 6.45) is 2.87. The standard InChI is InChI=1S/C12H13NO2/c1-15-8-7-13-6-5-11-10(9-14)3-2-4-12(11)13/h2-6,9H,7-8H2,1H3. The van der Waals surface area contributed by atoms with Crippen molar-refractivity contribution < 1.29 is 9.53 Å². The van der Waals surface area contributed by atoms with E-state index in [1.165, 1.54) is 0 Å². The lowest BCUT2D eigenvalue weighted by Gasteiger charge is -2.04. The molecule has 0 saturated carbocycles. The van der Waals surface area contributed by atoms with Gasteiger partial charge in [0, 0.05) is 36.3 Å². The van der Waals surface area contributed by atoms with Crippen molar-refractivity contribution in [2.24, 2.45) is 0 Å². The van der Waals surface area contributed by atoms with Crippen molar-refractivity contribution in [1.29, 1.82) is 0 Å². The van der Waals surface area contributed by atoms with E-state index in [1.54, 1.807) is 7.11 Å². The fourth-order valence-corrected chi connectivity index (χ4v) is 1.73. The van der Waals surface area contributed by atoms with E-state index in [0.717, 1.165) is 29.3 Å². The molecule has 1 heterocycles. The minimum Gasteiger partial charge on any atom is -0.383 e. The van der Waals surface area contributed by atoms with Crippen LogP contribution in [0, 0.1) is 0 Å². The molecule has 0 bridgehead atoms. The summed E-state index contributed by atoms with van der Waals surface area (Å²) in [5.74, 6) is 0. The number of aldehydes is 1. The summed E-state index contributed by atoms with van der Waals surface area (Å²) in [7, 11) is 1.68. The van der Waals surface area contributed by atoms with Gasteiger partial charge in [0.15, 0.2) is 6.29 Å². The second-order valence-electron chi connectivity index (χ2n) is 3.40. The van der Waals surface area contributed by atoms with E-state index in [-0.39, 0.29) is 0 Å². The fraction of sp³-hybridized carbons (Fsp3) is 0.250. The molecule has 0 aliphatic heterocycles. The molecule has 3 nitrogen and oxygen atoms in total. The van der Waals surface area contributed by atoms with Crippen molar-refractivity contribution in [3.05, 3.63) is 36.0 Å². The number of carbonyl (C=O) groups is 1. The molecule has 0 spiro atoms. The van der Waals surface area contributed by atoms with Crippen molar-refractivity contribution >= 4 is 17.2 Å². The van der Waals surface area contributed by atoms with Crippen LogP contribution in [0.25, 0.3) is 10.9 Å². The molecule has 0 saturated heterocycles. The molecule has 2 rings (SSSR count). The largest absolute Gasteiger partial charge is 0.383 e. The molecular weight excluding hydrogens is 190 g/mol. The monoisotopic (exact) mass is 203 g/mol. The first kappa shape index (κ1) is 9.93. The van der Waals surface area contributed by atoms with E-state index >= 15 is 0 Å². The number of aromatic nitrogens is 1. The van der Waals surface area contributed by atoms with Gasteiger partial charge in [0.25, 0.3) is 0 Å². The maximum absolute atomic E-state index is 10.8. The topological polar surface area (TPSA) is 31.2 Å². The number of nitrogens with zero attached hydrogens (tertiary/aromatic N) is 1. The molecule has 0 atom stereocenters. The van der Waals surface area contributed by atoms with Gasteiger partial charge in [-0.2, -0.15) is 0 Å². The Labute approximate surface area is 88.3 Å². The third-order valence-electron chi connectivity index (χ3n) is 2.51. The summed E-state index contributed by atoms with van der Waals surface area (Å²) < 4.78 is 7.12. The van der Waals surface area contributed by atoms with Crippen molar-refractivity contribution in [3.63, 3.8) is 0 Å². The lowest BCUT2D eigenvalue weighted by atomic mass is 10.1. The second-order valence-corrected chi connectivity index (χ2v) is 3.40. The van der Waals surface area contributed by atoms with Crippen LogP contribution in [-0.2, 0) is 11.3 Å². The number of ether oxygens (including phenoxy) is 1. The fourth-order valence-electron chi connectivity index (χ4n) is 1.73. The van der Waals surface area contributed by atoms with Crippen LogP contribution in [0.2, 0.25) is 0 Å². The highest BCUT2D eigenvalue weighted by molar-refractivity contribution is 5.97. The minimum atomic E-state index is 0.676. The molecule has 0 unspecified atom stereocenters. The Bertz CT molecular complexity index is 473. The number of carbonyl (C=O) groups excluding carboxylic acids is 1. The van der Waals surface area contributed by atoms with Gasteiger partial charge in [-0.25, -0.2) is 0 Å². The third-order valence-corrected chi connectivity index (χ3v) is 2.51. The van der Waals surface area contributed by atoms with Crippen molar-refractivity contribution in [3.8, 4) is 0 Å². The summed E-state index contributed by atoms with van der Waals surface area (Å²) in [6, 6.07) is 7.71. The molecule has 0 radical (unpaired) electrons.